The first-order valence-electron chi connectivity index (χ1n) is 8.57. The van der Waals surface area contributed by atoms with Crippen LogP contribution in [0.3, 0.4) is 0 Å². The molecule has 2 nitrogen and oxygen atoms in total. The van der Waals surface area contributed by atoms with Gasteiger partial charge in [-0.15, -0.1) is 0 Å². The molecule has 0 aliphatic heterocycles. The first-order valence-corrected chi connectivity index (χ1v) is 14.5. The van der Waals surface area contributed by atoms with Gasteiger partial charge in [0.1, 0.15) is 0 Å². The lowest BCUT2D eigenvalue weighted by atomic mass is 10.2. The van der Waals surface area contributed by atoms with Crippen molar-refractivity contribution in [2.45, 2.75) is 105 Å². The number of rotatable bonds is 8. The summed E-state index contributed by atoms with van der Waals surface area (Å²) in [5.41, 5.74) is 1.60. The number of hydrogen-bond donors (Lipinski definition) is 0. The van der Waals surface area contributed by atoms with Gasteiger partial charge >= 0.3 is 0 Å². The van der Waals surface area contributed by atoms with Crippen LogP contribution >= 0.6 is 0 Å². The van der Waals surface area contributed by atoms with Crippen molar-refractivity contribution >= 4 is 18.1 Å². The minimum absolute atomic E-state index is 0.660. The number of hydrogen-bond acceptors (Lipinski definition) is 2. The summed E-state index contributed by atoms with van der Waals surface area (Å²) in [4.78, 5) is 5.50. The van der Waals surface area contributed by atoms with Crippen LogP contribution in [-0.2, 0) is 0 Å². The highest BCUT2D eigenvalue weighted by Crippen LogP contribution is 2.18. The quantitative estimate of drug-likeness (QED) is 0.633. The molecule has 0 bridgehead atoms. The third-order valence-corrected chi connectivity index (χ3v) is 14.4. The van der Waals surface area contributed by atoms with E-state index in [0.717, 1.165) is 11.3 Å². The van der Waals surface area contributed by atoms with Crippen LogP contribution in [0.4, 0.5) is 0 Å². The van der Waals surface area contributed by atoms with Gasteiger partial charge in [0.15, 0.2) is 0 Å². The zero-order valence-electron chi connectivity index (χ0n) is 15.9. The monoisotopic (exact) mass is 316 g/mol. The van der Waals surface area contributed by atoms with Gasteiger partial charge in [0.2, 0.25) is 0 Å². The van der Waals surface area contributed by atoms with E-state index < -0.39 is 8.31 Å². The Labute approximate surface area is 133 Å². The molecule has 0 saturated carbocycles. The molecule has 4 heteroatoms. The predicted octanol–water partition coefficient (Wildman–Crippen LogP) is 2.17. The van der Waals surface area contributed by atoms with E-state index in [9.17, 15) is 0 Å². The minimum atomic E-state index is -0.740. The minimum Gasteiger partial charge on any atom is -0.299 e. The topological polar surface area (TPSA) is 6.48 Å². The third kappa shape index (κ3) is 5.28. The molecule has 2 unspecified atom stereocenters. The van der Waals surface area contributed by atoms with Crippen LogP contribution in [-0.4, -0.2) is 63.4 Å². The molecule has 0 fully saturated rings. The lowest BCUT2D eigenvalue weighted by Crippen LogP contribution is -2.61. The van der Waals surface area contributed by atoms with Crippen LogP contribution in [0.2, 0.25) is 0 Å². The van der Waals surface area contributed by atoms with Gasteiger partial charge < -0.3 is 0 Å². The zero-order chi connectivity index (χ0) is 16.2. The van der Waals surface area contributed by atoms with Crippen LogP contribution < -0.4 is 0 Å². The second kappa shape index (κ2) is 8.71. The second-order valence-corrected chi connectivity index (χ2v) is 15.3. The summed E-state index contributed by atoms with van der Waals surface area (Å²) in [7, 11) is 0.651. The first kappa shape index (κ1) is 20.4. The molecular formula is C16H40N2Si2. The molecule has 0 aromatic heterocycles. The Morgan fingerprint density at radius 1 is 0.550 bits per heavy atom. The Hall–Kier alpha value is 0.354. The largest absolute Gasteiger partial charge is 0.299 e. The van der Waals surface area contributed by atoms with Crippen LogP contribution in [0.5, 0.6) is 0 Å². The fourth-order valence-electron chi connectivity index (χ4n) is 4.02. The maximum Gasteiger partial charge on any atom is 0.0597 e. The fourth-order valence-corrected chi connectivity index (χ4v) is 9.35. The maximum atomic E-state index is 2.75. The SMILES string of the molecule is CC(C)N(C(C)C)C(C)[SiH]([SiH3])C(C)N(C(C)C)C(C)C. The molecule has 0 spiro atoms. The summed E-state index contributed by atoms with van der Waals surface area (Å²) in [5, 5.41) is 0. The highest BCUT2D eigenvalue weighted by Gasteiger charge is 2.33. The Bertz CT molecular complexity index is 225. The van der Waals surface area contributed by atoms with Crippen LogP contribution in [0.25, 0.3) is 0 Å². The molecule has 0 saturated heterocycles. The maximum absolute atomic E-state index is 2.75. The van der Waals surface area contributed by atoms with Gasteiger partial charge in [0.25, 0.3) is 0 Å². The molecule has 0 heterocycles. The van der Waals surface area contributed by atoms with Gasteiger partial charge in [0, 0.05) is 24.2 Å². The van der Waals surface area contributed by atoms with Gasteiger partial charge in [0.05, 0.1) is 8.31 Å². The van der Waals surface area contributed by atoms with E-state index >= 15 is 0 Å². The summed E-state index contributed by atoms with van der Waals surface area (Å²) >= 11 is 0. The fraction of sp³-hybridized carbons (Fsp3) is 1.00. The molecule has 0 aromatic carbocycles. The van der Waals surface area contributed by atoms with Crippen molar-refractivity contribution in [3.05, 3.63) is 0 Å². The molecule has 122 valence electrons. The Kier molecular flexibility index (Phi) is 8.87. The van der Waals surface area contributed by atoms with Crippen LogP contribution in [0.15, 0.2) is 0 Å². The Morgan fingerprint density at radius 2 is 0.750 bits per heavy atom. The molecule has 0 rings (SSSR count). The average molecular weight is 317 g/mol. The molecule has 0 radical (unpaired) electrons. The Morgan fingerprint density at radius 3 is 0.900 bits per heavy atom. The summed E-state index contributed by atoms with van der Waals surface area (Å²) in [6.07, 6.45) is 0. The van der Waals surface area contributed by atoms with Gasteiger partial charge in [-0.25, -0.2) is 0 Å². The lowest BCUT2D eigenvalue weighted by Gasteiger charge is -2.45. The number of nitrogens with zero attached hydrogens (tertiary/aromatic N) is 2. The highest BCUT2D eigenvalue weighted by molar-refractivity contribution is 7.05. The molecule has 2 atom stereocenters. The molecule has 0 aliphatic carbocycles. The van der Waals surface area contributed by atoms with E-state index in [1.165, 1.54) is 9.76 Å². The lowest BCUT2D eigenvalue weighted by molar-refractivity contribution is 0.140. The van der Waals surface area contributed by atoms with Crippen molar-refractivity contribution in [1.82, 2.24) is 9.80 Å². The van der Waals surface area contributed by atoms with Crippen LogP contribution in [0, 0.1) is 0 Å². The normalized spacial score (nSPS) is 18.0. The molecule has 0 amide bonds. The smallest absolute Gasteiger partial charge is 0.0597 e. The van der Waals surface area contributed by atoms with E-state index in [-0.39, 0.29) is 0 Å². The molecular weight excluding hydrogens is 276 g/mol. The zero-order valence-corrected chi connectivity index (χ0v) is 19.1. The van der Waals surface area contributed by atoms with Crippen molar-refractivity contribution in [1.29, 1.82) is 0 Å². The molecule has 0 aliphatic rings. The van der Waals surface area contributed by atoms with Gasteiger partial charge in [-0.05, 0) is 76.5 Å². The van der Waals surface area contributed by atoms with Crippen molar-refractivity contribution in [2.24, 2.45) is 0 Å². The third-order valence-electron chi connectivity index (χ3n) is 4.85. The first-order chi connectivity index (χ1) is 9.02. The van der Waals surface area contributed by atoms with Gasteiger partial charge in [-0.2, -0.15) is 0 Å². The Balaban J connectivity index is 5.06. The van der Waals surface area contributed by atoms with E-state index in [0.29, 0.717) is 24.2 Å². The molecule has 0 N–H and O–H groups in total. The predicted molar refractivity (Wildman–Crippen MR) is 100 cm³/mol. The second-order valence-electron chi connectivity index (χ2n) is 7.61. The van der Waals surface area contributed by atoms with Crippen molar-refractivity contribution in [2.75, 3.05) is 0 Å². The van der Waals surface area contributed by atoms with E-state index in [4.69, 9.17) is 0 Å². The average Bonchev–Trinajstić information content (AvgIpc) is 2.25. The van der Waals surface area contributed by atoms with Gasteiger partial charge in [-0.1, -0.05) is 13.8 Å². The van der Waals surface area contributed by atoms with Gasteiger partial charge in [-0.3, -0.25) is 9.80 Å². The molecule has 0 aromatic rings. The van der Waals surface area contributed by atoms with Crippen LogP contribution in [0.1, 0.15) is 69.2 Å². The highest BCUT2D eigenvalue weighted by atomic mass is 29.1. The van der Waals surface area contributed by atoms with Crippen molar-refractivity contribution in [3.8, 4) is 0 Å². The summed E-state index contributed by atoms with van der Waals surface area (Å²) in [6.45, 7) is 23.8. The van der Waals surface area contributed by atoms with E-state index in [2.05, 4.69) is 79.0 Å². The van der Waals surface area contributed by atoms with E-state index in [1.807, 2.05) is 0 Å². The molecule has 20 heavy (non-hydrogen) atoms. The van der Waals surface area contributed by atoms with Crippen molar-refractivity contribution < 1.29 is 0 Å². The summed E-state index contributed by atoms with van der Waals surface area (Å²) < 4.78 is 0. The standard InChI is InChI=1S/C16H40N2Si2/c1-11(2)17(12(3)4)15(9)20(19)16(10)18(13(5)6)14(7)8/h11-16,20H,1-10,19H3. The van der Waals surface area contributed by atoms with E-state index in [1.54, 1.807) is 0 Å². The summed E-state index contributed by atoms with van der Waals surface area (Å²) in [5.74, 6) is 0. The van der Waals surface area contributed by atoms with Crippen molar-refractivity contribution in [3.63, 3.8) is 0 Å². The summed E-state index contributed by atoms with van der Waals surface area (Å²) in [6, 6.07) is 2.64.